The van der Waals surface area contributed by atoms with Gasteiger partial charge in [0.15, 0.2) is 5.16 Å². The molecule has 1 aliphatic rings. The third kappa shape index (κ3) is 4.23. The van der Waals surface area contributed by atoms with Crippen molar-refractivity contribution in [2.45, 2.75) is 63.7 Å². The average molecular weight is 282 g/mol. The zero-order valence-corrected chi connectivity index (χ0v) is 12.5. The molecule has 1 aliphatic carbocycles. The van der Waals surface area contributed by atoms with Gasteiger partial charge in [-0.2, -0.15) is 0 Å². The van der Waals surface area contributed by atoms with Gasteiger partial charge in [-0.15, -0.1) is 10.2 Å². The van der Waals surface area contributed by atoms with Crippen LogP contribution in [0, 0.1) is 0 Å². The van der Waals surface area contributed by atoms with Gasteiger partial charge >= 0.3 is 0 Å². The SMILES string of the molecule is CCCCc1nnc(SCC(=O)NC2CC2)n1CC. The van der Waals surface area contributed by atoms with Crippen LogP contribution in [0.25, 0.3) is 0 Å². The molecule has 1 aromatic heterocycles. The van der Waals surface area contributed by atoms with Gasteiger partial charge in [0.05, 0.1) is 5.75 Å². The fourth-order valence-electron chi connectivity index (χ4n) is 1.89. The van der Waals surface area contributed by atoms with Gasteiger partial charge in [-0.25, -0.2) is 0 Å². The molecule has 0 aliphatic heterocycles. The first-order chi connectivity index (χ1) is 9.24. The zero-order valence-electron chi connectivity index (χ0n) is 11.7. The van der Waals surface area contributed by atoms with Crippen LogP contribution in [0.2, 0.25) is 0 Å². The summed E-state index contributed by atoms with van der Waals surface area (Å²) >= 11 is 1.48. The number of unbranched alkanes of at least 4 members (excludes halogenated alkanes) is 1. The molecule has 1 heterocycles. The number of nitrogens with zero attached hydrogens (tertiary/aromatic N) is 3. The van der Waals surface area contributed by atoms with Crippen LogP contribution in [0.4, 0.5) is 0 Å². The van der Waals surface area contributed by atoms with Crippen LogP contribution in [0.1, 0.15) is 45.4 Å². The molecule has 6 heteroatoms. The molecule has 0 radical (unpaired) electrons. The number of carbonyl (C=O) groups is 1. The van der Waals surface area contributed by atoms with E-state index in [0.717, 1.165) is 49.6 Å². The van der Waals surface area contributed by atoms with E-state index in [1.165, 1.54) is 11.8 Å². The lowest BCUT2D eigenvalue weighted by atomic mass is 10.2. The number of aryl methyl sites for hydroxylation is 1. The summed E-state index contributed by atoms with van der Waals surface area (Å²) in [5.41, 5.74) is 0. The molecule has 0 atom stereocenters. The lowest BCUT2D eigenvalue weighted by Crippen LogP contribution is -2.27. The number of nitrogens with one attached hydrogen (secondary N) is 1. The second-order valence-corrected chi connectivity index (χ2v) is 5.82. The minimum atomic E-state index is 0.105. The fraction of sp³-hybridized carbons (Fsp3) is 0.769. The lowest BCUT2D eigenvalue weighted by molar-refractivity contribution is -0.118. The summed E-state index contributed by atoms with van der Waals surface area (Å²) in [6, 6.07) is 0.428. The van der Waals surface area contributed by atoms with E-state index in [2.05, 4.69) is 33.9 Å². The molecule has 5 nitrogen and oxygen atoms in total. The van der Waals surface area contributed by atoms with Crippen LogP contribution in [0.3, 0.4) is 0 Å². The van der Waals surface area contributed by atoms with E-state index in [1.807, 2.05) is 0 Å². The van der Waals surface area contributed by atoms with E-state index in [1.54, 1.807) is 0 Å². The van der Waals surface area contributed by atoms with Gasteiger partial charge in [-0.1, -0.05) is 25.1 Å². The largest absolute Gasteiger partial charge is 0.353 e. The Balaban J connectivity index is 1.87. The van der Waals surface area contributed by atoms with Crippen molar-refractivity contribution in [3.63, 3.8) is 0 Å². The van der Waals surface area contributed by atoms with Crippen molar-refractivity contribution in [1.29, 1.82) is 0 Å². The molecule has 1 fully saturated rings. The molecule has 1 N–H and O–H groups in total. The summed E-state index contributed by atoms with van der Waals surface area (Å²) in [7, 11) is 0. The molecule has 1 aromatic rings. The van der Waals surface area contributed by atoms with E-state index in [0.29, 0.717) is 11.8 Å². The Morgan fingerprint density at radius 2 is 2.21 bits per heavy atom. The summed E-state index contributed by atoms with van der Waals surface area (Å²) < 4.78 is 2.12. The van der Waals surface area contributed by atoms with Crippen LogP contribution in [-0.2, 0) is 17.8 Å². The van der Waals surface area contributed by atoms with E-state index in [4.69, 9.17) is 0 Å². The van der Waals surface area contributed by atoms with Crippen LogP contribution < -0.4 is 5.32 Å². The number of carbonyl (C=O) groups excluding carboxylic acids is 1. The van der Waals surface area contributed by atoms with Crippen LogP contribution in [0.15, 0.2) is 5.16 Å². The van der Waals surface area contributed by atoms with E-state index in [9.17, 15) is 4.79 Å². The molecule has 1 amide bonds. The van der Waals surface area contributed by atoms with Crippen molar-refractivity contribution < 1.29 is 4.79 Å². The smallest absolute Gasteiger partial charge is 0.230 e. The molecule has 0 aromatic carbocycles. The second kappa shape index (κ2) is 6.93. The van der Waals surface area contributed by atoms with Crippen molar-refractivity contribution in [1.82, 2.24) is 20.1 Å². The molecule has 0 bridgehead atoms. The van der Waals surface area contributed by atoms with Gasteiger partial charge in [-0.05, 0) is 26.2 Å². The van der Waals surface area contributed by atoms with Crippen LogP contribution >= 0.6 is 11.8 Å². The first kappa shape index (κ1) is 14.4. The number of hydrogen-bond donors (Lipinski definition) is 1. The average Bonchev–Trinajstić information content (AvgIpc) is 3.12. The molecule has 106 valence electrons. The second-order valence-electron chi connectivity index (χ2n) is 4.88. The van der Waals surface area contributed by atoms with E-state index < -0.39 is 0 Å². The lowest BCUT2D eigenvalue weighted by Gasteiger charge is -2.07. The summed E-state index contributed by atoms with van der Waals surface area (Å²) in [4.78, 5) is 11.7. The van der Waals surface area contributed by atoms with Gasteiger partial charge in [0.1, 0.15) is 5.82 Å². The summed E-state index contributed by atoms with van der Waals surface area (Å²) in [6.45, 7) is 5.12. The van der Waals surface area contributed by atoms with Gasteiger partial charge in [-0.3, -0.25) is 4.79 Å². The minimum Gasteiger partial charge on any atom is -0.353 e. The maximum atomic E-state index is 11.7. The normalized spacial score (nSPS) is 14.6. The van der Waals surface area contributed by atoms with Crippen molar-refractivity contribution in [3.05, 3.63) is 5.82 Å². The first-order valence-corrected chi connectivity index (χ1v) is 8.07. The minimum absolute atomic E-state index is 0.105. The van der Waals surface area contributed by atoms with Crippen molar-refractivity contribution in [2.75, 3.05) is 5.75 Å². The van der Waals surface area contributed by atoms with Gasteiger partial charge in [0.25, 0.3) is 0 Å². The van der Waals surface area contributed by atoms with Gasteiger partial charge in [0, 0.05) is 19.0 Å². The standard InChI is InChI=1S/C13H22N4OS/c1-3-5-6-11-15-16-13(17(11)4-2)19-9-12(18)14-10-7-8-10/h10H,3-9H2,1-2H3,(H,14,18). The quantitative estimate of drug-likeness (QED) is 0.741. The molecule has 0 unspecified atom stereocenters. The van der Waals surface area contributed by atoms with Gasteiger partial charge in [0.2, 0.25) is 5.91 Å². The highest BCUT2D eigenvalue weighted by molar-refractivity contribution is 7.99. The summed E-state index contributed by atoms with van der Waals surface area (Å²) in [5.74, 6) is 1.57. The van der Waals surface area contributed by atoms with Crippen LogP contribution in [-0.4, -0.2) is 32.5 Å². The molecule has 1 saturated carbocycles. The Bertz CT molecular complexity index is 428. The highest BCUT2D eigenvalue weighted by Crippen LogP contribution is 2.21. The maximum Gasteiger partial charge on any atom is 0.230 e. The Hall–Kier alpha value is -1.04. The monoisotopic (exact) mass is 282 g/mol. The Morgan fingerprint density at radius 1 is 1.42 bits per heavy atom. The molecule has 19 heavy (non-hydrogen) atoms. The first-order valence-electron chi connectivity index (χ1n) is 7.08. The zero-order chi connectivity index (χ0) is 13.7. The highest BCUT2D eigenvalue weighted by atomic mass is 32.2. The highest BCUT2D eigenvalue weighted by Gasteiger charge is 2.23. The van der Waals surface area contributed by atoms with Crippen molar-refractivity contribution in [3.8, 4) is 0 Å². The maximum absolute atomic E-state index is 11.7. The number of thioether (sulfide) groups is 1. The molecule has 0 spiro atoms. The van der Waals surface area contributed by atoms with Crippen molar-refractivity contribution >= 4 is 17.7 Å². The van der Waals surface area contributed by atoms with Gasteiger partial charge < -0.3 is 9.88 Å². The summed E-state index contributed by atoms with van der Waals surface area (Å²) in [6.07, 6.45) is 5.51. The third-order valence-electron chi connectivity index (χ3n) is 3.14. The topological polar surface area (TPSA) is 59.8 Å². The third-order valence-corrected chi connectivity index (χ3v) is 4.11. The molecular formula is C13H22N4OS. The van der Waals surface area contributed by atoms with E-state index >= 15 is 0 Å². The van der Waals surface area contributed by atoms with Crippen LogP contribution in [0.5, 0.6) is 0 Å². The Kier molecular flexibility index (Phi) is 5.24. The predicted octanol–water partition coefficient (Wildman–Crippen LogP) is 2.01. The Labute approximate surface area is 118 Å². The summed E-state index contributed by atoms with van der Waals surface area (Å²) in [5, 5.41) is 12.3. The number of rotatable bonds is 8. The number of aromatic nitrogens is 3. The molecule has 0 saturated heterocycles. The van der Waals surface area contributed by atoms with E-state index in [-0.39, 0.29) is 5.91 Å². The number of amides is 1. The molecular weight excluding hydrogens is 260 g/mol. The fourth-order valence-corrected chi connectivity index (χ4v) is 2.72. The Morgan fingerprint density at radius 3 is 2.84 bits per heavy atom. The van der Waals surface area contributed by atoms with Crippen molar-refractivity contribution in [2.24, 2.45) is 0 Å². The number of hydrogen-bond acceptors (Lipinski definition) is 4. The predicted molar refractivity (Wildman–Crippen MR) is 76.2 cm³/mol. The molecule has 2 rings (SSSR count).